The van der Waals surface area contributed by atoms with E-state index in [9.17, 15) is 0 Å². The van der Waals surface area contributed by atoms with Crippen LogP contribution in [0.1, 0.15) is 0 Å². The van der Waals surface area contributed by atoms with Gasteiger partial charge in [-0.2, -0.15) is 0 Å². The maximum absolute atomic E-state index is 2.43. The summed E-state index contributed by atoms with van der Waals surface area (Å²) in [7, 11) is 0. The summed E-state index contributed by atoms with van der Waals surface area (Å²) in [6.45, 7) is 0. The van der Waals surface area contributed by atoms with Crippen LogP contribution in [0.5, 0.6) is 0 Å². The Labute approximate surface area is 296 Å². The van der Waals surface area contributed by atoms with Crippen LogP contribution in [0.3, 0.4) is 0 Å². The first-order valence-electron chi connectivity index (χ1n) is 17.5. The van der Waals surface area contributed by atoms with Crippen LogP contribution in [0.2, 0.25) is 0 Å². The molecule has 8 aromatic carbocycles. The van der Waals surface area contributed by atoms with E-state index in [2.05, 4.69) is 214 Å². The molecule has 0 radical (unpaired) electrons. The number of para-hydroxylation sites is 6. The highest BCUT2D eigenvalue weighted by atomic mass is 15.2. The second-order valence-electron chi connectivity index (χ2n) is 13.0. The Hall–Kier alpha value is -6.84. The molecule has 0 atom stereocenters. The third-order valence-corrected chi connectivity index (χ3v) is 10.1. The van der Waals surface area contributed by atoms with E-state index in [0.29, 0.717) is 0 Å². The van der Waals surface area contributed by atoms with Gasteiger partial charge in [-0.3, -0.25) is 0 Å². The molecule has 0 aliphatic heterocycles. The van der Waals surface area contributed by atoms with E-state index in [4.69, 9.17) is 0 Å². The second-order valence-corrected chi connectivity index (χ2v) is 13.0. The second kappa shape index (κ2) is 11.9. The van der Waals surface area contributed by atoms with Gasteiger partial charge in [0.15, 0.2) is 0 Å². The molecule has 0 spiro atoms. The maximum atomic E-state index is 2.43. The van der Waals surface area contributed by atoms with Crippen LogP contribution in [0.25, 0.3) is 66.1 Å². The van der Waals surface area contributed by atoms with Crippen molar-refractivity contribution in [3.63, 3.8) is 0 Å². The molecule has 0 saturated carbocycles. The summed E-state index contributed by atoms with van der Waals surface area (Å²) in [4.78, 5) is 2.41. The van der Waals surface area contributed by atoms with Gasteiger partial charge in [-0.1, -0.05) is 115 Å². The minimum atomic E-state index is 1.11. The third kappa shape index (κ3) is 4.74. The van der Waals surface area contributed by atoms with Crippen LogP contribution in [0, 0.1) is 0 Å². The average molecular weight is 652 g/mol. The molecule has 0 bridgehead atoms. The smallest absolute Gasteiger partial charge is 0.0782 e. The standard InChI is InChI=1S/C48H33N3/c1-5-17-36(18-6-1)49(37-19-7-2-8-20-37)47-33-35(32-43-41-26-14-16-28-45(41)51(48(43)47)39-23-11-4-12-24-39)34-29-30-46-42(31-34)40-25-13-15-27-44(40)50(46)38-21-9-3-10-22-38/h1-33H. The summed E-state index contributed by atoms with van der Waals surface area (Å²) in [6.07, 6.45) is 0. The summed E-state index contributed by atoms with van der Waals surface area (Å²) in [5.74, 6) is 0. The number of anilines is 3. The van der Waals surface area contributed by atoms with Gasteiger partial charge in [-0.05, 0) is 96.1 Å². The number of fused-ring (bicyclic) bond motifs is 6. The molecule has 240 valence electrons. The Morgan fingerprint density at radius 2 is 0.765 bits per heavy atom. The lowest BCUT2D eigenvalue weighted by Crippen LogP contribution is -2.11. The molecule has 2 heterocycles. The molecule has 3 heteroatoms. The zero-order chi connectivity index (χ0) is 33.7. The fourth-order valence-corrected chi connectivity index (χ4v) is 7.85. The van der Waals surface area contributed by atoms with Gasteiger partial charge in [-0.25, -0.2) is 0 Å². The third-order valence-electron chi connectivity index (χ3n) is 10.1. The van der Waals surface area contributed by atoms with Crippen LogP contribution < -0.4 is 4.90 Å². The maximum Gasteiger partial charge on any atom is 0.0782 e. The minimum Gasteiger partial charge on any atom is -0.309 e. The predicted molar refractivity (Wildman–Crippen MR) is 215 cm³/mol. The van der Waals surface area contributed by atoms with E-state index in [-0.39, 0.29) is 0 Å². The molecule has 0 aliphatic carbocycles. The van der Waals surface area contributed by atoms with Gasteiger partial charge in [0, 0.05) is 44.3 Å². The number of benzene rings is 8. The molecule has 0 unspecified atom stereocenters. The van der Waals surface area contributed by atoms with Crippen LogP contribution in [0.4, 0.5) is 17.1 Å². The number of aromatic nitrogens is 2. The van der Waals surface area contributed by atoms with Crippen molar-refractivity contribution in [1.29, 1.82) is 0 Å². The molecule has 0 amide bonds. The van der Waals surface area contributed by atoms with Crippen molar-refractivity contribution in [2.24, 2.45) is 0 Å². The number of rotatable bonds is 6. The highest BCUT2D eigenvalue weighted by molar-refractivity contribution is 6.16. The van der Waals surface area contributed by atoms with Gasteiger partial charge in [0.25, 0.3) is 0 Å². The molecule has 10 aromatic rings. The predicted octanol–water partition coefficient (Wildman–Crippen LogP) is 13.0. The molecular weight excluding hydrogens is 619 g/mol. The van der Waals surface area contributed by atoms with Crippen LogP contribution >= 0.6 is 0 Å². The van der Waals surface area contributed by atoms with E-state index in [1.807, 2.05) is 0 Å². The zero-order valence-corrected chi connectivity index (χ0v) is 27.9. The highest BCUT2D eigenvalue weighted by Crippen LogP contribution is 2.46. The molecule has 51 heavy (non-hydrogen) atoms. The van der Waals surface area contributed by atoms with Crippen molar-refractivity contribution in [3.05, 3.63) is 200 Å². The largest absolute Gasteiger partial charge is 0.309 e. The Balaban J connectivity index is 1.31. The van der Waals surface area contributed by atoms with Crippen LogP contribution in [-0.4, -0.2) is 9.13 Å². The van der Waals surface area contributed by atoms with Crippen molar-refractivity contribution in [1.82, 2.24) is 9.13 Å². The topological polar surface area (TPSA) is 13.1 Å². The van der Waals surface area contributed by atoms with Crippen molar-refractivity contribution in [2.45, 2.75) is 0 Å². The van der Waals surface area contributed by atoms with Gasteiger partial charge in [0.1, 0.15) is 0 Å². The van der Waals surface area contributed by atoms with Gasteiger partial charge in [-0.15, -0.1) is 0 Å². The van der Waals surface area contributed by atoms with Crippen molar-refractivity contribution >= 4 is 60.7 Å². The first-order valence-corrected chi connectivity index (χ1v) is 17.5. The average Bonchev–Trinajstić information content (AvgIpc) is 3.72. The Morgan fingerprint density at radius 3 is 1.37 bits per heavy atom. The quantitative estimate of drug-likeness (QED) is 0.174. The van der Waals surface area contributed by atoms with Crippen LogP contribution in [0.15, 0.2) is 200 Å². The summed E-state index contributed by atoms with van der Waals surface area (Å²) in [5.41, 5.74) is 12.7. The number of hydrogen-bond donors (Lipinski definition) is 0. The first kappa shape index (κ1) is 29.1. The zero-order valence-electron chi connectivity index (χ0n) is 27.9. The fourth-order valence-electron chi connectivity index (χ4n) is 7.85. The van der Waals surface area contributed by atoms with Crippen molar-refractivity contribution in [3.8, 4) is 22.5 Å². The minimum absolute atomic E-state index is 1.11. The normalized spacial score (nSPS) is 11.5. The molecule has 0 saturated heterocycles. The highest BCUT2D eigenvalue weighted by Gasteiger charge is 2.23. The molecule has 0 fully saturated rings. The van der Waals surface area contributed by atoms with Crippen LogP contribution in [-0.2, 0) is 0 Å². The monoisotopic (exact) mass is 651 g/mol. The number of hydrogen-bond acceptors (Lipinski definition) is 1. The van der Waals surface area contributed by atoms with E-state index in [1.165, 1.54) is 54.7 Å². The van der Waals surface area contributed by atoms with Gasteiger partial charge >= 0.3 is 0 Å². The summed E-state index contributed by atoms with van der Waals surface area (Å²) < 4.78 is 4.81. The molecule has 10 rings (SSSR count). The van der Waals surface area contributed by atoms with E-state index in [1.54, 1.807) is 0 Å². The SMILES string of the molecule is c1ccc(N(c2ccccc2)c2cc(-c3ccc4c(c3)c3ccccc3n4-c3ccccc3)cc3c4ccccc4n(-c4ccccc4)c23)cc1. The lowest BCUT2D eigenvalue weighted by atomic mass is 9.98. The Morgan fingerprint density at radius 1 is 0.314 bits per heavy atom. The fraction of sp³-hybridized carbons (Fsp3) is 0. The molecule has 0 N–H and O–H groups in total. The van der Waals surface area contributed by atoms with Gasteiger partial charge in [0.2, 0.25) is 0 Å². The summed E-state index contributed by atoms with van der Waals surface area (Å²) in [5, 5.41) is 4.92. The first-order chi connectivity index (χ1) is 25.3. The summed E-state index contributed by atoms with van der Waals surface area (Å²) >= 11 is 0. The van der Waals surface area contributed by atoms with E-state index >= 15 is 0 Å². The number of nitrogens with zero attached hydrogens (tertiary/aromatic N) is 3. The molecule has 3 nitrogen and oxygen atoms in total. The van der Waals surface area contributed by atoms with E-state index in [0.717, 1.165) is 28.4 Å². The summed E-state index contributed by atoms with van der Waals surface area (Å²) in [6, 6.07) is 72.1. The van der Waals surface area contributed by atoms with E-state index < -0.39 is 0 Å². The van der Waals surface area contributed by atoms with Gasteiger partial charge < -0.3 is 14.0 Å². The lowest BCUT2D eigenvalue weighted by Gasteiger charge is -2.27. The van der Waals surface area contributed by atoms with Crippen molar-refractivity contribution in [2.75, 3.05) is 4.90 Å². The van der Waals surface area contributed by atoms with Crippen molar-refractivity contribution < 1.29 is 0 Å². The van der Waals surface area contributed by atoms with Gasteiger partial charge in [0.05, 0.1) is 27.8 Å². The Kier molecular flexibility index (Phi) is 6.81. The molecule has 0 aliphatic rings. The molecular formula is C48H33N3. The lowest BCUT2D eigenvalue weighted by molar-refractivity contribution is 1.17. The molecule has 2 aromatic heterocycles. The Bertz CT molecular complexity index is 2790.